The number of rotatable bonds is 8. The second-order valence-corrected chi connectivity index (χ2v) is 7.81. The van der Waals surface area contributed by atoms with Gasteiger partial charge in [-0.2, -0.15) is 0 Å². The van der Waals surface area contributed by atoms with E-state index < -0.39 is 18.5 Å². The first-order valence-electron chi connectivity index (χ1n) is 11.1. The Labute approximate surface area is 202 Å². The van der Waals surface area contributed by atoms with E-state index in [4.69, 9.17) is 13.9 Å². The van der Waals surface area contributed by atoms with E-state index in [1.165, 1.54) is 24.4 Å². The Hall–Kier alpha value is -4.18. The second-order valence-electron chi connectivity index (χ2n) is 7.81. The van der Waals surface area contributed by atoms with Crippen LogP contribution in [0.15, 0.2) is 65.4 Å². The van der Waals surface area contributed by atoms with Crippen LogP contribution >= 0.6 is 0 Å². The van der Waals surface area contributed by atoms with Gasteiger partial charge in [0.1, 0.15) is 11.6 Å². The summed E-state index contributed by atoms with van der Waals surface area (Å²) in [5, 5.41) is 2.76. The zero-order valence-corrected chi connectivity index (χ0v) is 19.3. The fourth-order valence-corrected chi connectivity index (χ4v) is 3.56. The summed E-state index contributed by atoms with van der Waals surface area (Å²) in [4.78, 5) is 45.5. The molecule has 1 aromatic carbocycles. The number of carbonyl (C=O) groups is 3. The van der Waals surface area contributed by atoms with Gasteiger partial charge in [0.05, 0.1) is 42.8 Å². The Morgan fingerprint density at radius 3 is 2.60 bits per heavy atom. The average molecular weight is 479 g/mol. The topological polar surface area (TPSA) is 114 Å². The summed E-state index contributed by atoms with van der Waals surface area (Å²) in [6.07, 6.45) is 2.96. The molecule has 10 nitrogen and oxygen atoms in total. The van der Waals surface area contributed by atoms with Gasteiger partial charge in [-0.15, -0.1) is 0 Å². The number of hydrogen-bond donors (Lipinski definition) is 1. The zero-order valence-electron chi connectivity index (χ0n) is 19.3. The van der Waals surface area contributed by atoms with Gasteiger partial charge in [-0.05, 0) is 36.4 Å². The van der Waals surface area contributed by atoms with Crippen LogP contribution in [0.4, 0.5) is 11.5 Å². The van der Waals surface area contributed by atoms with E-state index in [0.717, 1.165) is 18.9 Å². The summed E-state index contributed by atoms with van der Waals surface area (Å²) < 4.78 is 15.8. The van der Waals surface area contributed by atoms with Crippen LogP contribution in [0.25, 0.3) is 0 Å². The van der Waals surface area contributed by atoms with Gasteiger partial charge in [-0.3, -0.25) is 9.59 Å². The molecule has 1 saturated heterocycles. The van der Waals surface area contributed by atoms with Crippen molar-refractivity contribution >= 4 is 29.3 Å². The molecule has 2 aromatic heterocycles. The van der Waals surface area contributed by atoms with Gasteiger partial charge in [-0.25, -0.2) is 9.78 Å². The van der Waals surface area contributed by atoms with Crippen molar-refractivity contribution in [3.05, 3.63) is 77.9 Å². The van der Waals surface area contributed by atoms with Gasteiger partial charge in [0.25, 0.3) is 11.8 Å². The maximum atomic E-state index is 12.7. The number of para-hydroxylation sites is 1. The van der Waals surface area contributed by atoms with Crippen molar-refractivity contribution in [3.8, 4) is 0 Å². The minimum atomic E-state index is -0.655. The largest absolute Gasteiger partial charge is 0.467 e. The Kier molecular flexibility index (Phi) is 7.74. The van der Waals surface area contributed by atoms with Crippen LogP contribution in [-0.4, -0.2) is 62.7 Å². The molecule has 0 unspecified atom stereocenters. The summed E-state index contributed by atoms with van der Waals surface area (Å²) in [5.74, 6) is -0.137. The summed E-state index contributed by atoms with van der Waals surface area (Å²) >= 11 is 0. The highest BCUT2D eigenvalue weighted by molar-refractivity contribution is 6.05. The molecule has 3 heterocycles. The number of furan rings is 1. The molecule has 1 N–H and O–H groups in total. The van der Waals surface area contributed by atoms with Crippen molar-refractivity contribution < 1.29 is 28.3 Å². The quantitative estimate of drug-likeness (QED) is 0.491. The van der Waals surface area contributed by atoms with Gasteiger partial charge in [0, 0.05) is 26.3 Å². The third-order valence-electron chi connectivity index (χ3n) is 5.53. The summed E-state index contributed by atoms with van der Waals surface area (Å²) in [6.45, 7) is 2.47. The zero-order chi connectivity index (χ0) is 24.6. The van der Waals surface area contributed by atoms with Crippen LogP contribution < -0.4 is 15.1 Å². The molecule has 0 atom stereocenters. The SMILES string of the molecule is CN(C(=O)COC(=O)c1ccc(N2CCOCC2)nc1)c1ccccc1C(=O)NCc1ccco1. The van der Waals surface area contributed by atoms with E-state index >= 15 is 0 Å². The predicted molar refractivity (Wildman–Crippen MR) is 127 cm³/mol. The Balaban J connectivity index is 1.33. The van der Waals surface area contributed by atoms with E-state index in [2.05, 4.69) is 15.2 Å². The van der Waals surface area contributed by atoms with Crippen molar-refractivity contribution in [1.29, 1.82) is 0 Å². The standard InChI is InChI=1S/C25H26N4O6/c1-28(21-7-3-2-6-20(21)24(31)27-16-19-5-4-12-34-19)23(30)17-35-25(32)18-8-9-22(26-15-18)29-10-13-33-14-11-29/h2-9,12,15H,10-11,13-14,16-17H2,1H3,(H,27,31). The predicted octanol–water partition coefficient (Wildman–Crippen LogP) is 2.26. The molecule has 0 radical (unpaired) electrons. The first-order valence-corrected chi connectivity index (χ1v) is 11.1. The van der Waals surface area contributed by atoms with Crippen molar-refractivity contribution in [2.24, 2.45) is 0 Å². The molecular weight excluding hydrogens is 452 g/mol. The maximum absolute atomic E-state index is 12.7. The molecule has 0 aliphatic carbocycles. The highest BCUT2D eigenvalue weighted by atomic mass is 16.5. The summed E-state index contributed by atoms with van der Waals surface area (Å²) in [6, 6.07) is 13.5. The molecule has 0 spiro atoms. The normalized spacial score (nSPS) is 13.2. The maximum Gasteiger partial charge on any atom is 0.340 e. The number of likely N-dealkylation sites (N-methyl/N-ethyl adjacent to an activating group) is 1. The number of hydrogen-bond acceptors (Lipinski definition) is 8. The smallest absolute Gasteiger partial charge is 0.340 e. The highest BCUT2D eigenvalue weighted by Crippen LogP contribution is 2.20. The number of aromatic nitrogens is 1. The number of amides is 2. The molecule has 4 rings (SSSR count). The fourth-order valence-electron chi connectivity index (χ4n) is 3.56. The van der Waals surface area contributed by atoms with E-state index in [1.54, 1.807) is 48.5 Å². The fraction of sp³-hybridized carbons (Fsp3) is 0.280. The Morgan fingerprint density at radius 2 is 1.89 bits per heavy atom. The van der Waals surface area contributed by atoms with E-state index in [9.17, 15) is 14.4 Å². The number of benzene rings is 1. The number of pyridine rings is 1. The third-order valence-corrected chi connectivity index (χ3v) is 5.53. The lowest BCUT2D eigenvalue weighted by Gasteiger charge is -2.27. The van der Waals surface area contributed by atoms with Gasteiger partial charge < -0.3 is 29.0 Å². The minimum absolute atomic E-state index is 0.216. The molecule has 1 aliphatic rings. The Bertz CT molecular complexity index is 1160. The van der Waals surface area contributed by atoms with Gasteiger partial charge in [0.2, 0.25) is 0 Å². The number of nitrogens with one attached hydrogen (secondary N) is 1. The molecule has 2 amide bonds. The average Bonchev–Trinajstić information content (AvgIpc) is 3.44. The molecule has 1 fully saturated rings. The number of carbonyl (C=O) groups excluding carboxylic acids is 3. The monoisotopic (exact) mass is 478 g/mol. The van der Waals surface area contributed by atoms with Crippen LogP contribution in [0, 0.1) is 0 Å². The van der Waals surface area contributed by atoms with Crippen LogP contribution in [0.1, 0.15) is 26.5 Å². The number of anilines is 2. The first kappa shape index (κ1) is 24.0. The van der Waals surface area contributed by atoms with Crippen LogP contribution in [-0.2, 0) is 20.8 Å². The minimum Gasteiger partial charge on any atom is -0.467 e. The van der Waals surface area contributed by atoms with Crippen LogP contribution in [0.3, 0.4) is 0 Å². The highest BCUT2D eigenvalue weighted by Gasteiger charge is 2.20. The number of nitrogens with zero attached hydrogens (tertiary/aromatic N) is 3. The summed E-state index contributed by atoms with van der Waals surface area (Å²) in [7, 11) is 1.52. The lowest BCUT2D eigenvalue weighted by Crippen LogP contribution is -2.36. The summed E-state index contributed by atoms with van der Waals surface area (Å²) in [5.41, 5.74) is 0.946. The molecule has 0 bridgehead atoms. The molecular formula is C25H26N4O6. The van der Waals surface area contributed by atoms with E-state index in [0.29, 0.717) is 30.2 Å². The second kappa shape index (κ2) is 11.3. The lowest BCUT2D eigenvalue weighted by molar-refractivity contribution is -0.121. The van der Waals surface area contributed by atoms with Crippen molar-refractivity contribution in [1.82, 2.24) is 10.3 Å². The number of esters is 1. The molecule has 10 heteroatoms. The van der Waals surface area contributed by atoms with Crippen LogP contribution in [0.5, 0.6) is 0 Å². The van der Waals surface area contributed by atoms with Crippen molar-refractivity contribution in [2.45, 2.75) is 6.54 Å². The van der Waals surface area contributed by atoms with Gasteiger partial charge in [-0.1, -0.05) is 12.1 Å². The molecule has 182 valence electrons. The van der Waals surface area contributed by atoms with Crippen LogP contribution in [0.2, 0.25) is 0 Å². The first-order chi connectivity index (χ1) is 17.0. The molecule has 3 aromatic rings. The number of morpholine rings is 1. The van der Waals surface area contributed by atoms with E-state index in [1.807, 2.05) is 0 Å². The lowest BCUT2D eigenvalue weighted by atomic mass is 10.1. The van der Waals surface area contributed by atoms with Gasteiger partial charge in [0.15, 0.2) is 6.61 Å². The van der Waals surface area contributed by atoms with E-state index in [-0.39, 0.29) is 18.0 Å². The Morgan fingerprint density at radius 1 is 1.09 bits per heavy atom. The third kappa shape index (κ3) is 6.04. The molecule has 1 aliphatic heterocycles. The molecule has 35 heavy (non-hydrogen) atoms. The van der Waals surface area contributed by atoms with Crippen molar-refractivity contribution in [3.63, 3.8) is 0 Å². The van der Waals surface area contributed by atoms with Gasteiger partial charge >= 0.3 is 5.97 Å². The van der Waals surface area contributed by atoms with Crippen molar-refractivity contribution in [2.75, 3.05) is 49.8 Å². The molecule has 0 saturated carbocycles. The number of ether oxygens (including phenoxy) is 2.